The molecule has 3 rings (SSSR count). The number of thioether (sulfide) groups is 1. The fourth-order valence-electron chi connectivity index (χ4n) is 3.12. The summed E-state index contributed by atoms with van der Waals surface area (Å²) in [5, 5.41) is 5.84. The van der Waals surface area contributed by atoms with Crippen LogP contribution in [0.15, 0.2) is 52.3 Å². The minimum absolute atomic E-state index is 0.135. The second kappa shape index (κ2) is 10.3. The van der Waals surface area contributed by atoms with Crippen LogP contribution < -0.4 is 15.4 Å². The van der Waals surface area contributed by atoms with Gasteiger partial charge in [0, 0.05) is 23.5 Å². The van der Waals surface area contributed by atoms with Gasteiger partial charge in [0.2, 0.25) is 0 Å². The molecule has 0 aliphatic carbocycles. The molecule has 1 aliphatic heterocycles. The molecule has 0 radical (unpaired) electrons. The van der Waals surface area contributed by atoms with E-state index in [1.54, 1.807) is 19.2 Å². The van der Waals surface area contributed by atoms with Gasteiger partial charge in [0.05, 0.1) is 17.7 Å². The van der Waals surface area contributed by atoms with E-state index >= 15 is 0 Å². The Morgan fingerprint density at radius 3 is 2.57 bits per heavy atom. The Morgan fingerprint density at radius 1 is 1.17 bits per heavy atom. The molecule has 6 nitrogen and oxygen atoms in total. The van der Waals surface area contributed by atoms with Crippen LogP contribution in [0.2, 0.25) is 0 Å². The van der Waals surface area contributed by atoms with Gasteiger partial charge in [-0.3, -0.25) is 9.59 Å². The highest BCUT2D eigenvalue weighted by Crippen LogP contribution is 2.39. The third-order valence-electron chi connectivity index (χ3n) is 4.96. The standard InChI is InChI=1S/C23H27N3O3S/c1-4-26(5-2)13-12-24-22(27)17-8-11-20-19(15-17)25-23(28)21(30-20)14-16-6-9-18(29-3)10-7-16/h6-11,14-15H,4-5,12-13H2,1-3H3,(H,24,27)(H,25,28)/b21-14+. The molecule has 2 aromatic rings. The Hall–Kier alpha value is -2.77. The summed E-state index contributed by atoms with van der Waals surface area (Å²) in [7, 11) is 1.62. The molecular weight excluding hydrogens is 398 g/mol. The van der Waals surface area contributed by atoms with E-state index in [0.717, 1.165) is 35.8 Å². The fourth-order valence-corrected chi connectivity index (χ4v) is 4.05. The first-order chi connectivity index (χ1) is 14.5. The van der Waals surface area contributed by atoms with Crippen molar-refractivity contribution in [2.24, 2.45) is 0 Å². The summed E-state index contributed by atoms with van der Waals surface area (Å²) >= 11 is 1.40. The third-order valence-corrected chi connectivity index (χ3v) is 6.05. The van der Waals surface area contributed by atoms with Gasteiger partial charge in [-0.2, -0.15) is 0 Å². The normalized spacial score (nSPS) is 14.4. The van der Waals surface area contributed by atoms with Crippen molar-refractivity contribution in [1.82, 2.24) is 10.2 Å². The number of benzene rings is 2. The van der Waals surface area contributed by atoms with Gasteiger partial charge in [-0.05, 0) is 55.1 Å². The van der Waals surface area contributed by atoms with E-state index in [1.807, 2.05) is 36.4 Å². The van der Waals surface area contributed by atoms with Gasteiger partial charge in [-0.1, -0.05) is 37.7 Å². The molecule has 0 fully saturated rings. The van der Waals surface area contributed by atoms with Crippen LogP contribution in [0.5, 0.6) is 5.75 Å². The van der Waals surface area contributed by atoms with Gasteiger partial charge in [0.25, 0.3) is 11.8 Å². The minimum atomic E-state index is -0.178. The maximum atomic E-state index is 12.5. The number of likely N-dealkylation sites (N-methyl/N-ethyl adjacent to an activating group) is 1. The molecule has 0 unspecified atom stereocenters. The van der Waals surface area contributed by atoms with Crippen LogP contribution in [-0.4, -0.2) is 50.0 Å². The lowest BCUT2D eigenvalue weighted by atomic mass is 10.1. The van der Waals surface area contributed by atoms with Crippen molar-refractivity contribution in [3.63, 3.8) is 0 Å². The molecule has 158 valence electrons. The Morgan fingerprint density at radius 2 is 1.90 bits per heavy atom. The number of hydrogen-bond donors (Lipinski definition) is 2. The Kier molecular flexibility index (Phi) is 7.54. The Balaban J connectivity index is 1.67. The quantitative estimate of drug-likeness (QED) is 0.629. The molecule has 0 spiro atoms. The second-order valence-electron chi connectivity index (χ2n) is 6.83. The molecule has 2 aromatic carbocycles. The van der Waals surface area contributed by atoms with Crippen molar-refractivity contribution in [2.45, 2.75) is 18.7 Å². The first-order valence-corrected chi connectivity index (χ1v) is 10.8. The number of amides is 2. The van der Waals surface area contributed by atoms with Gasteiger partial charge in [0.1, 0.15) is 5.75 Å². The third kappa shape index (κ3) is 5.43. The van der Waals surface area contributed by atoms with E-state index in [-0.39, 0.29) is 11.8 Å². The summed E-state index contributed by atoms with van der Waals surface area (Å²) in [6, 6.07) is 12.9. The number of nitrogens with zero attached hydrogens (tertiary/aromatic N) is 1. The van der Waals surface area contributed by atoms with Gasteiger partial charge < -0.3 is 20.3 Å². The summed E-state index contributed by atoms with van der Waals surface area (Å²) in [5.74, 6) is 0.456. The zero-order valence-electron chi connectivity index (χ0n) is 17.5. The summed E-state index contributed by atoms with van der Waals surface area (Å²) in [5.41, 5.74) is 2.12. The number of carbonyl (C=O) groups is 2. The van der Waals surface area contributed by atoms with Crippen LogP contribution in [0, 0.1) is 0 Å². The molecule has 0 saturated heterocycles. The first-order valence-electron chi connectivity index (χ1n) is 10.0. The molecular formula is C23H27N3O3S. The lowest BCUT2D eigenvalue weighted by molar-refractivity contribution is -0.112. The zero-order valence-corrected chi connectivity index (χ0v) is 18.3. The Bertz CT molecular complexity index is 937. The molecule has 0 atom stereocenters. The number of methoxy groups -OCH3 is 1. The van der Waals surface area contributed by atoms with Crippen molar-refractivity contribution < 1.29 is 14.3 Å². The second-order valence-corrected chi connectivity index (χ2v) is 7.92. The molecule has 30 heavy (non-hydrogen) atoms. The molecule has 2 N–H and O–H groups in total. The number of hydrogen-bond acceptors (Lipinski definition) is 5. The topological polar surface area (TPSA) is 70.7 Å². The smallest absolute Gasteiger partial charge is 0.262 e. The number of anilines is 1. The van der Waals surface area contributed by atoms with Crippen LogP contribution in [-0.2, 0) is 4.79 Å². The number of rotatable bonds is 8. The van der Waals surface area contributed by atoms with Crippen LogP contribution in [0.1, 0.15) is 29.8 Å². The summed E-state index contributed by atoms with van der Waals surface area (Å²) in [4.78, 5) is 28.8. The van der Waals surface area contributed by atoms with Crippen molar-refractivity contribution in [3.05, 3.63) is 58.5 Å². The predicted octanol–water partition coefficient (Wildman–Crippen LogP) is 3.85. The minimum Gasteiger partial charge on any atom is -0.497 e. The van der Waals surface area contributed by atoms with Crippen LogP contribution in [0.4, 0.5) is 5.69 Å². The fraction of sp³-hybridized carbons (Fsp3) is 0.304. The monoisotopic (exact) mass is 425 g/mol. The van der Waals surface area contributed by atoms with Crippen LogP contribution in [0.3, 0.4) is 0 Å². The van der Waals surface area contributed by atoms with Crippen LogP contribution >= 0.6 is 11.8 Å². The van der Waals surface area contributed by atoms with Crippen molar-refractivity contribution in [2.75, 3.05) is 38.6 Å². The highest BCUT2D eigenvalue weighted by Gasteiger charge is 2.22. The number of fused-ring (bicyclic) bond motifs is 1. The summed E-state index contributed by atoms with van der Waals surface area (Å²) < 4.78 is 5.16. The van der Waals surface area contributed by atoms with E-state index in [0.29, 0.717) is 22.7 Å². The van der Waals surface area contributed by atoms with Crippen molar-refractivity contribution in [3.8, 4) is 5.75 Å². The zero-order chi connectivity index (χ0) is 21.5. The van der Waals surface area contributed by atoms with Crippen molar-refractivity contribution in [1.29, 1.82) is 0 Å². The molecule has 2 amide bonds. The van der Waals surface area contributed by atoms with E-state index in [2.05, 4.69) is 29.4 Å². The lowest BCUT2D eigenvalue weighted by Gasteiger charge is -2.20. The highest BCUT2D eigenvalue weighted by atomic mass is 32.2. The average Bonchev–Trinajstić information content (AvgIpc) is 2.77. The van der Waals surface area contributed by atoms with E-state index in [9.17, 15) is 9.59 Å². The summed E-state index contributed by atoms with van der Waals surface area (Å²) in [6.07, 6.45) is 1.84. The molecule has 0 aromatic heterocycles. The summed E-state index contributed by atoms with van der Waals surface area (Å²) in [6.45, 7) is 7.53. The number of ether oxygens (including phenoxy) is 1. The molecule has 7 heteroatoms. The molecule has 1 aliphatic rings. The highest BCUT2D eigenvalue weighted by molar-refractivity contribution is 8.04. The van der Waals surface area contributed by atoms with E-state index < -0.39 is 0 Å². The van der Waals surface area contributed by atoms with Gasteiger partial charge in [-0.25, -0.2) is 0 Å². The number of nitrogens with one attached hydrogen (secondary N) is 2. The maximum Gasteiger partial charge on any atom is 0.262 e. The van der Waals surface area contributed by atoms with Gasteiger partial charge >= 0.3 is 0 Å². The van der Waals surface area contributed by atoms with Crippen LogP contribution in [0.25, 0.3) is 6.08 Å². The first kappa shape index (κ1) is 21.9. The predicted molar refractivity (Wildman–Crippen MR) is 122 cm³/mol. The average molecular weight is 426 g/mol. The van der Waals surface area contributed by atoms with E-state index in [4.69, 9.17) is 4.74 Å². The van der Waals surface area contributed by atoms with E-state index in [1.165, 1.54) is 11.8 Å². The van der Waals surface area contributed by atoms with Crippen molar-refractivity contribution >= 4 is 35.3 Å². The largest absolute Gasteiger partial charge is 0.497 e. The maximum absolute atomic E-state index is 12.5. The SMILES string of the molecule is CCN(CC)CCNC(=O)c1ccc2c(c1)NC(=O)/C(=C\c1ccc(OC)cc1)S2. The van der Waals surface area contributed by atoms with Gasteiger partial charge in [-0.15, -0.1) is 0 Å². The lowest BCUT2D eigenvalue weighted by Crippen LogP contribution is -2.34. The molecule has 1 heterocycles. The number of carbonyl (C=O) groups excluding carboxylic acids is 2. The van der Waals surface area contributed by atoms with Gasteiger partial charge in [0.15, 0.2) is 0 Å². The molecule has 0 bridgehead atoms. The molecule has 0 saturated carbocycles. The Labute approximate surface area is 181 Å².